The third kappa shape index (κ3) is 2.97. The highest BCUT2D eigenvalue weighted by molar-refractivity contribution is 5.48. The first-order valence-electron chi connectivity index (χ1n) is 5.34. The molecule has 0 N–H and O–H groups in total. The predicted molar refractivity (Wildman–Crippen MR) is 63.0 cm³/mol. The lowest BCUT2D eigenvalue weighted by Gasteiger charge is -2.08. The summed E-state index contributed by atoms with van der Waals surface area (Å²) in [5.41, 5.74) is -0.0832. The first-order valence-corrected chi connectivity index (χ1v) is 5.34. The van der Waals surface area contributed by atoms with Crippen molar-refractivity contribution in [1.29, 1.82) is 0 Å². The third-order valence-corrected chi connectivity index (χ3v) is 2.28. The largest absolute Gasteiger partial charge is 0.493 e. The summed E-state index contributed by atoms with van der Waals surface area (Å²) in [6, 6.07) is 4.09. The summed E-state index contributed by atoms with van der Waals surface area (Å²) in [6.07, 6.45) is 0. The maximum absolute atomic E-state index is 10.7. The van der Waals surface area contributed by atoms with E-state index in [4.69, 9.17) is 14.0 Å². The SMILES string of the molecule is COc1ccc([N+](=O)[O-])cc1OCc1noc(C)n1. The second-order valence-corrected chi connectivity index (χ2v) is 3.61. The lowest BCUT2D eigenvalue weighted by atomic mass is 10.3. The maximum atomic E-state index is 10.7. The smallest absolute Gasteiger partial charge is 0.273 e. The third-order valence-electron chi connectivity index (χ3n) is 2.28. The number of aryl methyl sites for hydroxylation is 1. The van der Waals surface area contributed by atoms with Crippen molar-refractivity contribution in [2.45, 2.75) is 13.5 Å². The fourth-order valence-corrected chi connectivity index (χ4v) is 1.43. The number of non-ortho nitro benzene ring substituents is 1. The van der Waals surface area contributed by atoms with Crippen molar-refractivity contribution in [3.63, 3.8) is 0 Å². The van der Waals surface area contributed by atoms with E-state index in [9.17, 15) is 10.1 Å². The molecule has 0 fully saturated rings. The van der Waals surface area contributed by atoms with Gasteiger partial charge in [-0.2, -0.15) is 4.98 Å². The van der Waals surface area contributed by atoms with Gasteiger partial charge < -0.3 is 14.0 Å². The van der Waals surface area contributed by atoms with Crippen LogP contribution in [0.3, 0.4) is 0 Å². The molecule has 2 rings (SSSR count). The first-order chi connectivity index (χ1) is 9.10. The molecule has 0 radical (unpaired) electrons. The standard InChI is InChI=1S/C11H11N3O5/c1-7-12-11(13-19-7)6-18-10-5-8(14(15)16)3-4-9(10)17-2/h3-5H,6H2,1-2H3. The Morgan fingerprint density at radius 1 is 1.42 bits per heavy atom. The molecule has 0 aliphatic rings. The van der Waals surface area contributed by atoms with Gasteiger partial charge in [0.05, 0.1) is 18.1 Å². The molecule has 1 aromatic heterocycles. The average molecular weight is 265 g/mol. The minimum atomic E-state index is -0.509. The number of ether oxygens (including phenoxy) is 2. The van der Waals surface area contributed by atoms with Gasteiger partial charge in [0, 0.05) is 13.0 Å². The highest BCUT2D eigenvalue weighted by Crippen LogP contribution is 2.31. The highest BCUT2D eigenvalue weighted by atomic mass is 16.6. The van der Waals surface area contributed by atoms with Crippen molar-refractivity contribution < 1.29 is 18.9 Å². The number of methoxy groups -OCH3 is 1. The molecule has 0 bridgehead atoms. The summed E-state index contributed by atoms with van der Waals surface area (Å²) >= 11 is 0. The van der Waals surface area contributed by atoms with Gasteiger partial charge in [-0.15, -0.1) is 0 Å². The Kier molecular flexibility index (Phi) is 3.60. The molecule has 1 aromatic carbocycles. The van der Waals surface area contributed by atoms with Crippen LogP contribution in [-0.2, 0) is 6.61 Å². The van der Waals surface area contributed by atoms with Crippen molar-refractivity contribution in [2.75, 3.05) is 7.11 Å². The Bertz CT molecular complexity index is 596. The summed E-state index contributed by atoms with van der Waals surface area (Å²) in [5, 5.41) is 14.4. The van der Waals surface area contributed by atoms with Crippen LogP contribution in [0.4, 0.5) is 5.69 Å². The molecule has 0 saturated heterocycles. The van der Waals surface area contributed by atoms with Gasteiger partial charge in [-0.05, 0) is 6.07 Å². The van der Waals surface area contributed by atoms with Crippen LogP contribution < -0.4 is 9.47 Å². The van der Waals surface area contributed by atoms with E-state index >= 15 is 0 Å². The summed E-state index contributed by atoms with van der Waals surface area (Å²) < 4.78 is 15.3. The van der Waals surface area contributed by atoms with E-state index in [2.05, 4.69) is 10.1 Å². The normalized spacial score (nSPS) is 10.2. The highest BCUT2D eigenvalue weighted by Gasteiger charge is 2.13. The van der Waals surface area contributed by atoms with Gasteiger partial charge in [-0.3, -0.25) is 10.1 Å². The van der Waals surface area contributed by atoms with E-state index in [0.717, 1.165) is 0 Å². The van der Waals surface area contributed by atoms with Gasteiger partial charge in [-0.1, -0.05) is 5.16 Å². The van der Waals surface area contributed by atoms with E-state index < -0.39 is 4.92 Å². The van der Waals surface area contributed by atoms with Crippen LogP contribution in [0.25, 0.3) is 0 Å². The molecule has 0 aliphatic heterocycles. The van der Waals surface area contributed by atoms with E-state index in [0.29, 0.717) is 17.5 Å². The second-order valence-electron chi connectivity index (χ2n) is 3.61. The molecule has 0 atom stereocenters. The maximum Gasteiger partial charge on any atom is 0.273 e. The molecular formula is C11H11N3O5. The second kappa shape index (κ2) is 5.34. The van der Waals surface area contributed by atoms with Gasteiger partial charge >= 0.3 is 0 Å². The number of aromatic nitrogens is 2. The van der Waals surface area contributed by atoms with Gasteiger partial charge in [-0.25, -0.2) is 0 Å². The Morgan fingerprint density at radius 3 is 2.79 bits per heavy atom. The fourth-order valence-electron chi connectivity index (χ4n) is 1.43. The lowest BCUT2D eigenvalue weighted by Crippen LogP contribution is -2.00. The van der Waals surface area contributed by atoms with E-state index in [-0.39, 0.29) is 18.0 Å². The van der Waals surface area contributed by atoms with Crippen LogP contribution in [0, 0.1) is 17.0 Å². The lowest BCUT2D eigenvalue weighted by molar-refractivity contribution is -0.385. The number of hydrogen-bond donors (Lipinski definition) is 0. The van der Waals surface area contributed by atoms with Gasteiger partial charge in [0.15, 0.2) is 18.1 Å². The molecule has 2 aromatic rings. The van der Waals surface area contributed by atoms with Gasteiger partial charge in [0.2, 0.25) is 11.7 Å². The van der Waals surface area contributed by atoms with Crippen molar-refractivity contribution in [3.05, 3.63) is 40.0 Å². The zero-order valence-electron chi connectivity index (χ0n) is 10.3. The number of hydrogen-bond acceptors (Lipinski definition) is 7. The fraction of sp³-hybridized carbons (Fsp3) is 0.273. The zero-order chi connectivity index (χ0) is 13.8. The van der Waals surface area contributed by atoms with Gasteiger partial charge in [0.25, 0.3) is 5.69 Å². The van der Waals surface area contributed by atoms with Crippen LogP contribution in [0.15, 0.2) is 22.7 Å². The van der Waals surface area contributed by atoms with Crippen LogP contribution in [0.1, 0.15) is 11.7 Å². The van der Waals surface area contributed by atoms with Crippen LogP contribution in [0.5, 0.6) is 11.5 Å². The molecular weight excluding hydrogens is 254 g/mol. The quantitative estimate of drug-likeness (QED) is 0.600. The van der Waals surface area contributed by atoms with Crippen molar-refractivity contribution in [2.24, 2.45) is 0 Å². The Balaban J connectivity index is 2.17. The van der Waals surface area contributed by atoms with Crippen molar-refractivity contribution in [1.82, 2.24) is 10.1 Å². The van der Waals surface area contributed by atoms with Crippen LogP contribution in [-0.4, -0.2) is 22.2 Å². The molecule has 100 valence electrons. The number of benzene rings is 1. The predicted octanol–water partition coefficient (Wildman–Crippen LogP) is 1.87. The molecule has 8 heteroatoms. The molecule has 0 saturated carbocycles. The summed E-state index contributed by atoms with van der Waals surface area (Å²) in [6.45, 7) is 1.69. The van der Waals surface area contributed by atoms with Crippen LogP contribution >= 0.6 is 0 Å². The summed E-state index contributed by atoms with van der Waals surface area (Å²) in [4.78, 5) is 14.2. The average Bonchev–Trinajstić information content (AvgIpc) is 2.81. The molecule has 1 heterocycles. The molecule has 0 spiro atoms. The monoisotopic (exact) mass is 265 g/mol. The van der Waals surface area contributed by atoms with E-state index in [1.54, 1.807) is 6.92 Å². The molecule has 0 amide bonds. The minimum Gasteiger partial charge on any atom is -0.493 e. The topological polar surface area (TPSA) is 101 Å². The number of nitro benzene ring substituents is 1. The first kappa shape index (κ1) is 12.8. The molecule has 8 nitrogen and oxygen atoms in total. The minimum absolute atomic E-state index is 0.0366. The van der Waals surface area contributed by atoms with E-state index in [1.807, 2.05) is 0 Å². The van der Waals surface area contributed by atoms with E-state index in [1.165, 1.54) is 25.3 Å². The number of rotatable bonds is 5. The Morgan fingerprint density at radius 2 is 2.21 bits per heavy atom. The van der Waals surface area contributed by atoms with Crippen molar-refractivity contribution in [3.8, 4) is 11.5 Å². The Hall–Kier alpha value is -2.64. The van der Waals surface area contributed by atoms with Gasteiger partial charge in [0.1, 0.15) is 0 Å². The number of nitrogens with zero attached hydrogens (tertiary/aromatic N) is 3. The van der Waals surface area contributed by atoms with Crippen molar-refractivity contribution >= 4 is 5.69 Å². The Labute approximate surface area is 108 Å². The summed E-state index contributed by atoms with van der Waals surface area (Å²) in [7, 11) is 1.45. The number of nitro groups is 1. The molecule has 19 heavy (non-hydrogen) atoms. The van der Waals surface area contributed by atoms with Crippen LogP contribution in [0.2, 0.25) is 0 Å². The molecule has 0 unspecified atom stereocenters. The molecule has 0 aliphatic carbocycles. The summed E-state index contributed by atoms with van der Waals surface area (Å²) in [5.74, 6) is 1.42. The zero-order valence-corrected chi connectivity index (χ0v) is 10.3.